The highest BCUT2D eigenvalue weighted by molar-refractivity contribution is 5.17. The zero-order chi connectivity index (χ0) is 19.4. The first-order valence-corrected chi connectivity index (χ1v) is 9.85. The Morgan fingerprint density at radius 3 is 2.56 bits per heavy atom. The van der Waals surface area contributed by atoms with Crippen LogP contribution in [0, 0.1) is 36.4 Å². The molecule has 1 aromatic heterocycles. The van der Waals surface area contributed by atoms with Crippen LogP contribution in [0.4, 0.5) is 4.39 Å². The van der Waals surface area contributed by atoms with Crippen LogP contribution in [-0.2, 0) is 13.0 Å². The molecule has 0 saturated carbocycles. The summed E-state index contributed by atoms with van der Waals surface area (Å²) in [6.45, 7) is 10.4. The molecule has 5 heteroatoms. The van der Waals surface area contributed by atoms with Crippen LogP contribution >= 0.6 is 0 Å². The highest BCUT2D eigenvalue weighted by Gasteiger charge is 2.32. The first-order chi connectivity index (χ1) is 12.9. The average Bonchev–Trinajstić information content (AvgIpc) is 3.03. The van der Waals surface area contributed by atoms with Gasteiger partial charge in [0.25, 0.3) is 0 Å². The van der Waals surface area contributed by atoms with Crippen LogP contribution in [-0.4, -0.2) is 16.7 Å². The van der Waals surface area contributed by atoms with E-state index in [2.05, 4.69) is 42.4 Å². The summed E-state index contributed by atoms with van der Waals surface area (Å²) in [6, 6.07) is 6.71. The lowest BCUT2D eigenvalue weighted by molar-refractivity contribution is 0.218. The molecule has 3 atom stereocenters. The third kappa shape index (κ3) is 5.25. The summed E-state index contributed by atoms with van der Waals surface area (Å²) in [5.41, 5.74) is 2.52. The molecule has 0 bridgehead atoms. The fourth-order valence-corrected chi connectivity index (χ4v) is 4.12. The molecule has 1 aliphatic carbocycles. The Morgan fingerprint density at radius 2 is 1.93 bits per heavy atom. The molecule has 3 rings (SSSR count). The van der Waals surface area contributed by atoms with Crippen molar-refractivity contribution in [1.29, 1.82) is 0 Å². The van der Waals surface area contributed by atoms with Gasteiger partial charge in [0.1, 0.15) is 5.82 Å². The molecule has 0 unspecified atom stereocenters. The lowest BCUT2D eigenvalue weighted by atomic mass is 9.70. The highest BCUT2D eigenvalue weighted by atomic mass is 19.1. The van der Waals surface area contributed by atoms with Crippen molar-refractivity contribution in [3.05, 3.63) is 59.1 Å². The molecule has 1 aromatic carbocycles. The van der Waals surface area contributed by atoms with Gasteiger partial charge in [-0.1, -0.05) is 37.6 Å². The van der Waals surface area contributed by atoms with E-state index in [0.717, 1.165) is 37.4 Å². The van der Waals surface area contributed by atoms with E-state index >= 15 is 0 Å². The van der Waals surface area contributed by atoms with Gasteiger partial charge < -0.3 is 9.73 Å². The summed E-state index contributed by atoms with van der Waals surface area (Å²) >= 11 is 0. The van der Waals surface area contributed by atoms with E-state index in [1.54, 1.807) is 0 Å². The molecule has 1 aliphatic rings. The van der Waals surface area contributed by atoms with Crippen molar-refractivity contribution in [1.82, 2.24) is 15.5 Å². The fourth-order valence-electron chi connectivity index (χ4n) is 4.12. The van der Waals surface area contributed by atoms with E-state index < -0.39 is 0 Å². The van der Waals surface area contributed by atoms with E-state index in [0.29, 0.717) is 29.6 Å². The summed E-state index contributed by atoms with van der Waals surface area (Å²) in [7, 11) is 0. The highest BCUT2D eigenvalue weighted by Crippen LogP contribution is 2.38. The zero-order valence-electron chi connectivity index (χ0n) is 16.7. The third-order valence-corrected chi connectivity index (χ3v) is 5.70. The number of rotatable bonds is 7. The Bertz CT molecular complexity index is 766. The molecular weight excluding hydrogens is 341 g/mol. The minimum absolute atomic E-state index is 0.188. The van der Waals surface area contributed by atoms with Crippen molar-refractivity contribution in [3.8, 4) is 0 Å². The van der Waals surface area contributed by atoms with E-state index in [-0.39, 0.29) is 5.82 Å². The average molecular weight is 372 g/mol. The Hall–Kier alpha value is -2.01. The maximum Gasteiger partial charge on any atom is 0.217 e. The van der Waals surface area contributed by atoms with Gasteiger partial charge in [-0.2, -0.15) is 0 Å². The lowest BCUT2D eigenvalue weighted by Crippen LogP contribution is -2.34. The standard InChI is InChI=1S/C22H30FN3O/c1-14(2)21-10-18(11-22-26-25-16(4)27-22)15(3)9-19(21)13-24-12-17-5-7-20(23)8-6-17/h5-9,14,18-19,21,24H,10-13H2,1-4H3/t18-,19+,21+/m1/s1. The maximum atomic E-state index is 13.0. The summed E-state index contributed by atoms with van der Waals surface area (Å²) < 4.78 is 18.6. The largest absolute Gasteiger partial charge is 0.426 e. The Labute approximate surface area is 161 Å². The van der Waals surface area contributed by atoms with Gasteiger partial charge in [0.15, 0.2) is 0 Å². The van der Waals surface area contributed by atoms with Crippen LogP contribution in [0.25, 0.3) is 0 Å². The molecule has 1 N–H and O–H groups in total. The summed E-state index contributed by atoms with van der Waals surface area (Å²) in [6.07, 6.45) is 4.40. The maximum absolute atomic E-state index is 13.0. The Balaban J connectivity index is 1.62. The number of nitrogens with one attached hydrogen (secondary N) is 1. The summed E-state index contributed by atoms with van der Waals surface area (Å²) in [5.74, 6) is 3.37. The SMILES string of the molecule is CC1=C[C@@H](CNCc2ccc(F)cc2)[C@H](C(C)C)C[C@@H]1Cc1nnc(C)o1. The van der Waals surface area contributed by atoms with Crippen LogP contribution in [0.1, 0.15) is 44.5 Å². The second-order valence-corrected chi connectivity index (χ2v) is 8.09. The van der Waals surface area contributed by atoms with Crippen LogP contribution < -0.4 is 5.32 Å². The number of allylic oxidation sites excluding steroid dienone is 1. The van der Waals surface area contributed by atoms with E-state index in [1.165, 1.54) is 17.7 Å². The quantitative estimate of drug-likeness (QED) is 0.717. The smallest absolute Gasteiger partial charge is 0.217 e. The molecule has 4 nitrogen and oxygen atoms in total. The van der Waals surface area contributed by atoms with E-state index in [4.69, 9.17) is 4.42 Å². The normalized spacial score (nSPS) is 22.9. The second kappa shape index (κ2) is 8.79. The van der Waals surface area contributed by atoms with Gasteiger partial charge in [-0.15, -0.1) is 10.2 Å². The molecule has 2 aromatic rings. The van der Waals surface area contributed by atoms with Gasteiger partial charge in [-0.3, -0.25) is 0 Å². The molecule has 0 saturated heterocycles. The van der Waals surface area contributed by atoms with Gasteiger partial charge in [-0.05, 0) is 54.7 Å². The van der Waals surface area contributed by atoms with Crippen molar-refractivity contribution in [2.75, 3.05) is 6.54 Å². The molecule has 0 spiro atoms. The molecule has 0 radical (unpaired) electrons. The first kappa shape index (κ1) is 19.7. The monoisotopic (exact) mass is 371 g/mol. The van der Waals surface area contributed by atoms with Crippen molar-refractivity contribution in [3.63, 3.8) is 0 Å². The predicted octanol–water partition coefficient (Wildman–Crippen LogP) is 4.70. The number of hydrogen-bond acceptors (Lipinski definition) is 4. The van der Waals surface area contributed by atoms with Gasteiger partial charge in [-0.25, -0.2) is 4.39 Å². The topological polar surface area (TPSA) is 51.0 Å². The second-order valence-electron chi connectivity index (χ2n) is 8.09. The Kier molecular flexibility index (Phi) is 6.42. The van der Waals surface area contributed by atoms with Crippen LogP contribution in [0.15, 0.2) is 40.3 Å². The third-order valence-electron chi connectivity index (χ3n) is 5.70. The van der Waals surface area contributed by atoms with Crippen molar-refractivity contribution in [2.24, 2.45) is 23.7 Å². The molecule has 0 fully saturated rings. The lowest BCUT2D eigenvalue weighted by Gasteiger charge is -2.37. The minimum atomic E-state index is -0.188. The van der Waals surface area contributed by atoms with Crippen LogP contribution in [0.5, 0.6) is 0 Å². The zero-order valence-corrected chi connectivity index (χ0v) is 16.7. The van der Waals surface area contributed by atoms with Gasteiger partial charge >= 0.3 is 0 Å². The molecule has 27 heavy (non-hydrogen) atoms. The summed E-state index contributed by atoms with van der Waals surface area (Å²) in [5, 5.41) is 11.7. The van der Waals surface area contributed by atoms with Crippen LogP contribution in [0.2, 0.25) is 0 Å². The summed E-state index contributed by atoms with van der Waals surface area (Å²) in [4.78, 5) is 0. The number of aromatic nitrogens is 2. The van der Waals surface area contributed by atoms with Gasteiger partial charge in [0.05, 0.1) is 0 Å². The van der Waals surface area contributed by atoms with Crippen molar-refractivity contribution in [2.45, 2.75) is 47.1 Å². The fraction of sp³-hybridized carbons (Fsp3) is 0.545. The molecule has 146 valence electrons. The number of nitrogens with zero attached hydrogens (tertiary/aromatic N) is 2. The number of benzene rings is 1. The van der Waals surface area contributed by atoms with Crippen molar-refractivity contribution >= 4 is 0 Å². The molecule has 0 aliphatic heterocycles. The van der Waals surface area contributed by atoms with E-state index in [1.807, 2.05) is 19.1 Å². The van der Waals surface area contributed by atoms with Crippen molar-refractivity contribution < 1.29 is 8.81 Å². The number of aryl methyl sites for hydroxylation is 1. The van der Waals surface area contributed by atoms with Gasteiger partial charge in [0, 0.05) is 26.4 Å². The predicted molar refractivity (Wildman–Crippen MR) is 105 cm³/mol. The first-order valence-electron chi connectivity index (χ1n) is 9.85. The van der Waals surface area contributed by atoms with Gasteiger partial charge in [0.2, 0.25) is 11.8 Å². The molecule has 0 amide bonds. The minimum Gasteiger partial charge on any atom is -0.426 e. The van der Waals surface area contributed by atoms with E-state index in [9.17, 15) is 4.39 Å². The number of halogens is 1. The molecule has 1 heterocycles. The van der Waals surface area contributed by atoms with Crippen LogP contribution in [0.3, 0.4) is 0 Å². The Morgan fingerprint density at radius 1 is 1.19 bits per heavy atom. The molecular formula is C22H30FN3O. The number of hydrogen-bond donors (Lipinski definition) is 1.